The fourth-order valence-corrected chi connectivity index (χ4v) is 1.92. The minimum atomic E-state index is -0.594. The van der Waals surface area contributed by atoms with E-state index < -0.39 is 5.60 Å². The van der Waals surface area contributed by atoms with Gasteiger partial charge in [0, 0.05) is 19.5 Å². The highest BCUT2D eigenvalue weighted by atomic mass is 16.3. The molecule has 0 aromatic rings. The van der Waals surface area contributed by atoms with Crippen molar-refractivity contribution in [2.24, 2.45) is 5.73 Å². The predicted octanol–water partition coefficient (Wildman–Crippen LogP) is 0.489. The lowest BCUT2D eigenvalue weighted by Crippen LogP contribution is -2.33. The SMILES string of the molecule is CC1(O)CCCN(C(=O)CCCN)CC1. The summed E-state index contributed by atoms with van der Waals surface area (Å²) >= 11 is 0. The van der Waals surface area contributed by atoms with Gasteiger partial charge in [0.25, 0.3) is 0 Å². The maximum Gasteiger partial charge on any atom is 0.222 e. The fourth-order valence-electron chi connectivity index (χ4n) is 1.92. The van der Waals surface area contributed by atoms with Gasteiger partial charge in [-0.05, 0) is 39.2 Å². The molecule has 1 rings (SSSR count). The van der Waals surface area contributed by atoms with Crippen LogP contribution < -0.4 is 5.73 Å². The molecule has 0 aromatic heterocycles. The Balaban J connectivity index is 2.40. The van der Waals surface area contributed by atoms with Crippen LogP contribution in [0.5, 0.6) is 0 Å². The van der Waals surface area contributed by atoms with Crippen LogP contribution in [0.4, 0.5) is 0 Å². The van der Waals surface area contributed by atoms with Crippen molar-refractivity contribution in [2.45, 2.75) is 44.6 Å². The van der Waals surface area contributed by atoms with Crippen LogP contribution in [0.25, 0.3) is 0 Å². The van der Waals surface area contributed by atoms with Crippen LogP contribution in [-0.2, 0) is 4.79 Å². The Morgan fingerprint density at radius 2 is 2.20 bits per heavy atom. The summed E-state index contributed by atoms with van der Waals surface area (Å²) < 4.78 is 0. The van der Waals surface area contributed by atoms with E-state index in [2.05, 4.69) is 0 Å². The van der Waals surface area contributed by atoms with Crippen molar-refractivity contribution in [1.29, 1.82) is 0 Å². The van der Waals surface area contributed by atoms with Crippen LogP contribution in [0.15, 0.2) is 0 Å². The summed E-state index contributed by atoms with van der Waals surface area (Å²) in [6.07, 6.45) is 3.65. The monoisotopic (exact) mass is 214 g/mol. The lowest BCUT2D eigenvalue weighted by atomic mass is 9.98. The summed E-state index contributed by atoms with van der Waals surface area (Å²) in [5.41, 5.74) is 4.78. The number of carbonyl (C=O) groups is 1. The molecule has 1 amide bonds. The second kappa shape index (κ2) is 5.47. The molecule has 0 bridgehead atoms. The van der Waals surface area contributed by atoms with Crippen molar-refractivity contribution < 1.29 is 9.90 Å². The minimum Gasteiger partial charge on any atom is -0.390 e. The van der Waals surface area contributed by atoms with Gasteiger partial charge < -0.3 is 15.7 Å². The van der Waals surface area contributed by atoms with Crippen molar-refractivity contribution in [2.75, 3.05) is 19.6 Å². The van der Waals surface area contributed by atoms with Gasteiger partial charge in [-0.2, -0.15) is 0 Å². The van der Waals surface area contributed by atoms with Gasteiger partial charge in [-0.15, -0.1) is 0 Å². The zero-order chi connectivity index (χ0) is 11.3. The van der Waals surface area contributed by atoms with E-state index in [1.807, 2.05) is 11.8 Å². The number of aliphatic hydroxyl groups is 1. The Labute approximate surface area is 91.4 Å². The molecular weight excluding hydrogens is 192 g/mol. The average molecular weight is 214 g/mol. The van der Waals surface area contributed by atoms with E-state index in [-0.39, 0.29) is 5.91 Å². The van der Waals surface area contributed by atoms with E-state index in [1.54, 1.807) is 0 Å². The molecule has 1 unspecified atom stereocenters. The van der Waals surface area contributed by atoms with Gasteiger partial charge in [-0.1, -0.05) is 0 Å². The van der Waals surface area contributed by atoms with E-state index in [0.29, 0.717) is 25.9 Å². The topological polar surface area (TPSA) is 66.6 Å². The minimum absolute atomic E-state index is 0.179. The molecule has 0 spiro atoms. The third-order valence-corrected chi connectivity index (χ3v) is 3.01. The molecule has 1 fully saturated rings. The molecule has 4 heteroatoms. The van der Waals surface area contributed by atoms with Crippen molar-refractivity contribution >= 4 is 5.91 Å². The van der Waals surface area contributed by atoms with Crippen LogP contribution in [0, 0.1) is 0 Å². The molecule has 1 aliphatic rings. The van der Waals surface area contributed by atoms with Gasteiger partial charge >= 0.3 is 0 Å². The maximum atomic E-state index is 11.7. The lowest BCUT2D eigenvalue weighted by Gasteiger charge is -2.22. The van der Waals surface area contributed by atoms with Gasteiger partial charge in [-0.25, -0.2) is 0 Å². The number of hydrogen-bond acceptors (Lipinski definition) is 3. The number of nitrogens with two attached hydrogens (primary N) is 1. The summed E-state index contributed by atoms with van der Waals surface area (Å²) in [4.78, 5) is 13.6. The predicted molar refractivity (Wildman–Crippen MR) is 59.3 cm³/mol. The van der Waals surface area contributed by atoms with E-state index in [1.165, 1.54) is 0 Å². The Morgan fingerprint density at radius 1 is 1.47 bits per heavy atom. The molecule has 1 aliphatic heterocycles. The van der Waals surface area contributed by atoms with E-state index in [0.717, 1.165) is 25.8 Å². The molecule has 3 N–H and O–H groups in total. The van der Waals surface area contributed by atoms with Crippen molar-refractivity contribution in [3.8, 4) is 0 Å². The third kappa shape index (κ3) is 4.18. The molecule has 1 heterocycles. The molecule has 0 aliphatic carbocycles. The summed E-state index contributed by atoms with van der Waals surface area (Å²) in [5.74, 6) is 0.179. The first-order valence-corrected chi connectivity index (χ1v) is 5.75. The molecule has 0 radical (unpaired) electrons. The maximum absolute atomic E-state index is 11.7. The van der Waals surface area contributed by atoms with Crippen LogP contribution in [0.3, 0.4) is 0 Å². The first kappa shape index (κ1) is 12.5. The normalized spacial score (nSPS) is 27.5. The summed E-state index contributed by atoms with van der Waals surface area (Å²) in [6, 6.07) is 0. The fraction of sp³-hybridized carbons (Fsp3) is 0.909. The quantitative estimate of drug-likeness (QED) is 0.718. The Morgan fingerprint density at radius 3 is 2.87 bits per heavy atom. The summed E-state index contributed by atoms with van der Waals surface area (Å²) in [6.45, 7) is 3.87. The molecule has 1 saturated heterocycles. The smallest absolute Gasteiger partial charge is 0.222 e. The number of likely N-dealkylation sites (tertiary alicyclic amines) is 1. The molecule has 0 saturated carbocycles. The Hall–Kier alpha value is -0.610. The van der Waals surface area contributed by atoms with E-state index in [9.17, 15) is 9.90 Å². The van der Waals surface area contributed by atoms with Gasteiger partial charge in [-0.3, -0.25) is 4.79 Å². The second-order valence-electron chi connectivity index (χ2n) is 4.62. The molecule has 0 aromatic carbocycles. The van der Waals surface area contributed by atoms with E-state index in [4.69, 9.17) is 5.73 Å². The Kier molecular flexibility index (Phi) is 4.54. The second-order valence-corrected chi connectivity index (χ2v) is 4.62. The van der Waals surface area contributed by atoms with Crippen LogP contribution in [0.1, 0.15) is 39.0 Å². The van der Waals surface area contributed by atoms with Gasteiger partial charge in [0.2, 0.25) is 5.91 Å². The number of rotatable bonds is 3. The lowest BCUT2D eigenvalue weighted by molar-refractivity contribution is -0.131. The highest BCUT2D eigenvalue weighted by Crippen LogP contribution is 2.21. The van der Waals surface area contributed by atoms with Crippen LogP contribution in [0.2, 0.25) is 0 Å². The summed E-state index contributed by atoms with van der Waals surface area (Å²) in [5, 5.41) is 9.87. The molecular formula is C11H22N2O2. The highest BCUT2D eigenvalue weighted by molar-refractivity contribution is 5.76. The molecule has 4 nitrogen and oxygen atoms in total. The first-order valence-electron chi connectivity index (χ1n) is 5.75. The zero-order valence-electron chi connectivity index (χ0n) is 9.54. The Bertz CT molecular complexity index is 217. The van der Waals surface area contributed by atoms with Crippen molar-refractivity contribution in [1.82, 2.24) is 4.90 Å². The zero-order valence-corrected chi connectivity index (χ0v) is 9.54. The van der Waals surface area contributed by atoms with Crippen LogP contribution >= 0.6 is 0 Å². The first-order chi connectivity index (χ1) is 7.05. The number of amides is 1. The highest BCUT2D eigenvalue weighted by Gasteiger charge is 2.26. The van der Waals surface area contributed by atoms with Crippen molar-refractivity contribution in [3.63, 3.8) is 0 Å². The van der Waals surface area contributed by atoms with Crippen LogP contribution in [-0.4, -0.2) is 41.1 Å². The molecule has 15 heavy (non-hydrogen) atoms. The van der Waals surface area contributed by atoms with Gasteiger partial charge in [0.1, 0.15) is 0 Å². The third-order valence-electron chi connectivity index (χ3n) is 3.01. The van der Waals surface area contributed by atoms with Gasteiger partial charge in [0.05, 0.1) is 5.60 Å². The van der Waals surface area contributed by atoms with Crippen molar-refractivity contribution in [3.05, 3.63) is 0 Å². The summed E-state index contributed by atoms with van der Waals surface area (Å²) in [7, 11) is 0. The largest absolute Gasteiger partial charge is 0.390 e. The number of hydrogen-bond donors (Lipinski definition) is 2. The van der Waals surface area contributed by atoms with E-state index >= 15 is 0 Å². The number of nitrogens with zero attached hydrogens (tertiary/aromatic N) is 1. The average Bonchev–Trinajstić information content (AvgIpc) is 2.36. The standard InChI is InChI=1S/C11H22N2O2/c1-11(15)5-3-8-13(9-6-11)10(14)4-2-7-12/h15H,2-9,12H2,1H3. The van der Waals surface area contributed by atoms with Gasteiger partial charge in [0.15, 0.2) is 0 Å². The number of carbonyl (C=O) groups excluding carboxylic acids is 1. The molecule has 1 atom stereocenters. The molecule has 88 valence electrons.